The zero-order chi connectivity index (χ0) is 12.3. The molecule has 2 rings (SSSR count). The van der Waals surface area contributed by atoms with Crippen molar-refractivity contribution in [2.24, 2.45) is 5.92 Å². The molecule has 5 heteroatoms. The summed E-state index contributed by atoms with van der Waals surface area (Å²) in [5.41, 5.74) is 6.74. The van der Waals surface area contributed by atoms with Crippen molar-refractivity contribution < 1.29 is 4.74 Å². The molecule has 0 aliphatic carbocycles. The average molecular weight is 236 g/mol. The van der Waals surface area contributed by atoms with E-state index in [1.165, 1.54) is 6.42 Å². The van der Waals surface area contributed by atoms with Crippen molar-refractivity contribution in [1.29, 1.82) is 0 Å². The molecule has 1 atom stereocenters. The van der Waals surface area contributed by atoms with E-state index in [0.29, 0.717) is 17.6 Å². The maximum atomic E-state index is 5.81. The number of nitrogen functional groups attached to an aromatic ring is 1. The number of hydrogen-bond acceptors (Lipinski definition) is 5. The van der Waals surface area contributed by atoms with Crippen molar-refractivity contribution in [3.05, 3.63) is 11.4 Å². The van der Waals surface area contributed by atoms with E-state index in [4.69, 9.17) is 10.5 Å². The van der Waals surface area contributed by atoms with Crippen molar-refractivity contribution >= 4 is 11.6 Å². The van der Waals surface area contributed by atoms with E-state index in [9.17, 15) is 0 Å². The Balaban J connectivity index is 1.98. The first-order valence-corrected chi connectivity index (χ1v) is 6.09. The summed E-state index contributed by atoms with van der Waals surface area (Å²) >= 11 is 0. The maximum absolute atomic E-state index is 5.81. The van der Waals surface area contributed by atoms with Gasteiger partial charge < -0.3 is 15.8 Å². The number of hydrogen-bond donors (Lipinski definition) is 2. The number of nitrogens with two attached hydrogens (primary N) is 1. The van der Waals surface area contributed by atoms with Gasteiger partial charge in [0.2, 0.25) is 0 Å². The van der Waals surface area contributed by atoms with Crippen molar-refractivity contribution in [2.75, 3.05) is 30.8 Å². The van der Waals surface area contributed by atoms with E-state index in [0.717, 1.165) is 37.6 Å². The van der Waals surface area contributed by atoms with Gasteiger partial charge in [-0.25, -0.2) is 9.97 Å². The van der Waals surface area contributed by atoms with Crippen LogP contribution in [0.5, 0.6) is 0 Å². The van der Waals surface area contributed by atoms with Crippen LogP contribution in [0.2, 0.25) is 0 Å². The fraction of sp³-hybridized carbons (Fsp3) is 0.667. The first-order chi connectivity index (χ1) is 8.16. The van der Waals surface area contributed by atoms with Gasteiger partial charge in [-0.1, -0.05) is 0 Å². The van der Waals surface area contributed by atoms with E-state index in [1.807, 2.05) is 13.8 Å². The second-order valence-corrected chi connectivity index (χ2v) is 4.59. The van der Waals surface area contributed by atoms with Crippen molar-refractivity contribution in [3.63, 3.8) is 0 Å². The van der Waals surface area contributed by atoms with Crippen LogP contribution >= 0.6 is 0 Å². The van der Waals surface area contributed by atoms with Crippen LogP contribution < -0.4 is 11.1 Å². The first-order valence-electron chi connectivity index (χ1n) is 6.09. The monoisotopic (exact) mass is 236 g/mol. The van der Waals surface area contributed by atoms with E-state index in [2.05, 4.69) is 15.3 Å². The molecule has 0 radical (unpaired) electrons. The third kappa shape index (κ3) is 3.06. The smallest absolute Gasteiger partial charge is 0.134 e. The summed E-state index contributed by atoms with van der Waals surface area (Å²) in [5.74, 6) is 2.68. The summed E-state index contributed by atoms with van der Waals surface area (Å²) < 4.78 is 5.45. The van der Waals surface area contributed by atoms with Crippen LogP contribution in [0, 0.1) is 19.8 Å². The lowest BCUT2D eigenvalue weighted by Gasteiger charge is -2.23. The molecule has 1 unspecified atom stereocenters. The highest BCUT2D eigenvalue weighted by Crippen LogP contribution is 2.19. The van der Waals surface area contributed by atoms with Gasteiger partial charge >= 0.3 is 0 Å². The molecule has 0 saturated carbocycles. The van der Waals surface area contributed by atoms with Crippen molar-refractivity contribution in [1.82, 2.24) is 9.97 Å². The Kier molecular flexibility index (Phi) is 3.78. The van der Waals surface area contributed by atoms with Gasteiger partial charge in [0.1, 0.15) is 17.5 Å². The molecule has 1 aromatic heterocycles. The Morgan fingerprint density at radius 3 is 2.94 bits per heavy atom. The number of nitrogens with zero attached hydrogens (tertiary/aromatic N) is 2. The van der Waals surface area contributed by atoms with Crippen LogP contribution in [0.1, 0.15) is 24.2 Å². The van der Waals surface area contributed by atoms with E-state index in [1.54, 1.807) is 0 Å². The fourth-order valence-corrected chi connectivity index (χ4v) is 2.03. The van der Waals surface area contributed by atoms with E-state index >= 15 is 0 Å². The summed E-state index contributed by atoms with van der Waals surface area (Å²) in [6.45, 7) is 6.41. The summed E-state index contributed by atoms with van der Waals surface area (Å²) in [6.07, 6.45) is 2.36. The van der Waals surface area contributed by atoms with Gasteiger partial charge in [-0.05, 0) is 32.6 Å². The van der Waals surface area contributed by atoms with E-state index in [-0.39, 0.29) is 0 Å². The van der Waals surface area contributed by atoms with Crippen LogP contribution in [0.25, 0.3) is 0 Å². The van der Waals surface area contributed by atoms with Gasteiger partial charge in [0, 0.05) is 18.7 Å². The van der Waals surface area contributed by atoms with Crippen molar-refractivity contribution in [2.45, 2.75) is 26.7 Å². The zero-order valence-corrected chi connectivity index (χ0v) is 10.5. The van der Waals surface area contributed by atoms with Crippen LogP contribution in [0.4, 0.5) is 11.6 Å². The fourth-order valence-electron chi connectivity index (χ4n) is 2.03. The largest absolute Gasteiger partial charge is 0.383 e. The number of nitrogens with one attached hydrogen (secondary N) is 1. The highest BCUT2D eigenvalue weighted by molar-refractivity contribution is 5.54. The van der Waals surface area contributed by atoms with Gasteiger partial charge in [-0.15, -0.1) is 0 Å². The molecule has 1 aliphatic rings. The predicted molar refractivity (Wildman–Crippen MR) is 68.0 cm³/mol. The Labute approximate surface area is 102 Å². The van der Waals surface area contributed by atoms with Crippen LogP contribution in [0.3, 0.4) is 0 Å². The highest BCUT2D eigenvalue weighted by atomic mass is 16.5. The van der Waals surface area contributed by atoms with Crippen LogP contribution in [-0.2, 0) is 4.74 Å². The zero-order valence-electron chi connectivity index (χ0n) is 10.5. The topological polar surface area (TPSA) is 73.1 Å². The first kappa shape index (κ1) is 12.1. The Morgan fingerprint density at radius 1 is 1.41 bits per heavy atom. The van der Waals surface area contributed by atoms with Crippen molar-refractivity contribution in [3.8, 4) is 0 Å². The minimum absolute atomic E-state index is 0.555. The molecule has 1 aliphatic heterocycles. The number of anilines is 2. The molecule has 0 amide bonds. The summed E-state index contributed by atoms with van der Waals surface area (Å²) in [5, 5.41) is 3.35. The van der Waals surface area contributed by atoms with Gasteiger partial charge in [0.25, 0.3) is 0 Å². The van der Waals surface area contributed by atoms with Crippen LogP contribution in [0.15, 0.2) is 0 Å². The molecule has 5 nitrogen and oxygen atoms in total. The number of ether oxygens (including phenoxy) is 1. The predicted octanol–water partition coefficient (Wildman–Crippen LogP) is 1.51. The Bertz CT molecular complexity index is 388. The minimum atomic E-state index is 0.555. The summed E-state index contributed by atoms with van der Waals surface area (Å²) in [4.78, 5) is 8.51. The summed E-state index contributed by atoms with van der Waals surface area (Å²) in [7, 11) is 0. The highest BCUT2D eigenvalue weighted by Gasteiger charge is 2.14. The van der Waals surface area contributed by atoms with Gasteiger partial charge in [-0.2, -0.15) is 0 Å². The molecule has 1 aromatic rings. The lowest BCUT2D eigenvalue weighted by Crippen LogP contribution is -2.25. The minimum Gasteiger partial charge on any atom is -0.383 e. The normalized spacial score (nSPS) is 20.2. The number of aryl methyl sites for hydroxylation is 1. The second-order valence-electron chi connectivity index (χ2n) is 4.59. The molecule has 17 heavy (non-hydrogen) atoms. The van der Waals surface area contributed by atoms with Crippen LogP contribution in [-0.4, -0.2) is 29.7 Å². The molecule has 3 N–H and O–H groups in total. The quantitative estimate of drug-likeness (QED) is 0.832. The third-order valence-corrected chi connectivity index (χ3v) is 3.11. The molecule has 0 spiro atoms. The molecule has 1 fully saturated rings. The lowest BCUT2D eigenvalue weighted by molar-refractivity contribution is 0.0595. The molecule has 94 valence electrons. The SMILES string of the molecule is Cc1nc(N)c(C)c(NCC2CCCOC2)n1. The second kappa shape index (κ2) is 5.31. The lowest BCUT2D eigenvalue weighted by atomic mass is 10.0. The maximum Gasteiger partial charge on any atom is 0.134 e. The number of aromatic nitrogens is 2. The Hall–Kier alpha value is -1.36. The van der Waals surface area contributed by atoms with Gasteiger partial charge in [-0.3, -0.25) is 0 Å². The molecular weight excluding hydrogens is 216 g/mol. The van der Waals surface area contributed by atoms with E-state index < -0.39 is 0 Å². The molecular formula is C12H20N4O. The number of rotatable bonds is 3. The molecule has 0 bridgehead atoms. The molecule has 0 aromatic carbocycles. The Morgan fingerprint density at radius 2 is 2.24 bits per heavy atom. The van der Waals surface area contributed by atoms with Gasteiger partial charge in [0.05, 0.1) is 6.61 Å². The third-order valence-electron chi connectivity index (χ3n) is 3.11. The standard InChI is InChI=1S/C12H20N4O/c1-8-11(13)15-9(2)16-12(8)14-6-10-4-3-5-17-7-10/h10H,3-7H2,1-2H3,(H3,13,14,15,16). The average Bonchev–Trinajstić information content (AvgIpc) is 2.33. The van der Waals surface area contributed by atoms with Gasteiger partial charge in [0.15, 0.2) is 0 Å². The summed E-state index contributed by atoms with van der Waals surface area (Å²) in [6, 6.07) is 0. The molecule has 1 saturated heterocycles. The molecule has 2 heterocycles.